The topological polar surface area (TPSA) is 81.8 Å². The van der Waals surface area contributed by atoms with Crippen LogP contribution in [0.1, 0.15) is 32.8 Å². The maximum atomic E-state index is 13.3. The number of carbonyl (C=O) groups excluding carboxylic acids is 3. The number of anilines is 2. The number of hydrogen-bond donors (Lipinski definition) is 2. The minimum atomic E-state index is -1.31. The summed E-state index contributed by atoms with van der Waals surface area (Å²) in [6, 6.07) is 12.2. The molecule has 31 heavy (non-hydrogen) atoms. The summed E-state index contributed by atoms with van der Waals surface area (Å²) < 4.78 is 13.3. The maximum absolute atomic E-state index is 13.3. The molecular weight excluding hydrogens is 399 g/mol. The molecule has 8 heteroatoms. The molecule has 164 valence electrons. The highest BCUT2D eigenvalue weighted by Gasteiger charge is 2.51. The Balaban J connectivity index is 1.70. The lowest BCUT2D eigenvalue weighted by molar-refractivity contribution is -0.134. The van der Waals surface area contributed by atoms with Gasteiger partial charge in [-0.15, -0.1) is 0 Å². The van der Waals surface area contributed by atoms with Gasteiger partial charge in [-0.1, -0.05) is 19.1 Å². The van der Waals surface area contributed by atoms with Crippen molar-refractivity contribution in [1.29, 1.82) is 0 Å². The minimum Gasteiger partial charge on any atom is -0.372 e. The predicted octanol–water partition coefficient (Wildman–Crippen LogP) is 3.47. The highest BCUT2D eigenvalue weighted by atomic mass is 19.1. The molecule has 0 bridgehead atoms. The second-order valence-electron chi connectivity index (χ2n) is 7.35. The van der Waals surface area contributed by atoms with E-state index in [1.807, 2.05) is 12.1 Å². The summed E-state index contributed by atoms with van der Waals surface area (Å²) in [5.41, 5.74) is 0.790. The van der Waals surface area contributed by atoms with Gasteiger partial charge in [-0.05, 0) is 62.2 Å². The molecule has 0 aromatic heterocycles. The highest BCUT2D eigenvalue weighted by Crippen LogP contribution is 2.32. The van der Waals surface area contributed by atoms with Crippen LogP contribution in [0.3, 0.4) is 0 Å². The zero-order valence-corrected chi connectivity index (χ0v) is 17.9. The smallest absolute Gasteiger partial charge is 0.325 e. The fourth-order valence-corrected chi connectivity index (χ4v) is 3.83. The molecule has 2 aromatic carbocycles. The van der Waals surface area contributed by atoms with Gasteiger partial charge in [0.25, 0.3) is 5.91 Å². The lowest BCUT2D eigenvalue weighted by Crippen LogP contribution is -2.44. The van der Waals surface area contributed by atoms with Crippen LogP contribution >= 0.6 is 0 Å². The fraction of sp³-hybridized carbons (Fsp3) is 0.348. The van der Waals surface area contributed by atoms with Gasteiger partial charge >= 0.3 is 6.03 Å². The van der Waals surface area contributed by atoms with Crippen LogP contribution in [0, 0.1) is 5.82 Å². The lowest BCUT2D eigenvalue weighted by Gasteiger charge is -2.25. The Bertz CT molecular complexity index is 958. The van der Waals surface area contributed by atoms with Gasteiger partial charge in [0.1, 0.15) is 17.9 Å². The number of nitrogens with zero attached hydrogens (tertiary/aromatic N) is 2. The van der Waals surface area contributed by atoms with Crippen molar-refractivity contribution in [2.24, 2.45) is 0 Å². The van der Waals surface area contributed by atoms with Crippen molar-refractivity contribution >= 4 is 29.2 Å². The number of nitrogens with one attached hydrogen (secondary N) is 2. The molecule has 0 radical (unpaired) electrons. The molecule has 0 saturated carbocycles. The first-order chi connectivity index (χ1) is 14.8. The van der Waals surface area contributed by atoms with Crippen LogP contribution in [0.2, 0.25) is 0 Å². The van der Waals surface area contributed by atoms with E-state index in [0.717, 1.165) is 23.7 Å². The molecule has 1 unspecified atom stereocenters. The monoisotopic (exact) mass is 426 g/mol. The molecule has 4 amide bonds. The summed E-state index contributed by atoms with van der Waals surface area (Å²) in [7, 11) is 0. The van der Waals surface area contributed by atoms with Gasteiger partial charge in [0.15, 0.2) is 0 Å². The summed E-state index contributed by atoms with van der Waals surface area (Å²) in [5, 5.41) is 5.41. The van der Waals surface area contributed by atoms with E-state index in [2.05, 4.69) is 29.4 Å². The van der Waals surface area contributed by atoms with E-state index in [-0.39, 0.29) is 6.42 Å². The summed E-state index contributed by atoms with van der Waals surface area (Å²) in [5.74, 6) is -1.45. The average Bonchev–Trinajstić information content (AvgIpc) is 3.01. The van der Waals surface area contributed by atoms with Crippen molar-refractivity contribution in [3.63, 3.8) is 0 Å². The first-order valence-corrected chi connectivity index (χ1v) is 10.4. The van der Waals surface area contributed by atoms with E-state index < -0.39 is 35.7 Å². The SMILES string of the molecule is CCN(CC)c1ccc(NC(=O)CN2C(=O)NC(CC)(c3ccc(F)cc3)C2=O)cc1. The van der Waals surface area contributed by atoms with Crippen LogP contribution in [-0.4, -0.2) is 42.4 Å². The third kappa shape index (κ3) is 4.38. The number of halogens is 1. The van der Waals surface area contributed by atoms with Crippen LogP contribution in [0.25, 0.3) is 0 Å². The first-order valence-electron chi connectivity index (χ1n) is 10.4. The second-order valence-corrected chi connectivity index (χ2v) is 7.35. The van der Waals surface area contributed by atoms with Gasteiger partial charge in [-0.2, -0.15) is 0 Å². The van der Waals surface area contributed by atoms with E-state index >= 15 is 0 Å². The number of benzene rings is 2. The third-order valence-electron chi connectivity index (χ3n) is 5.62. The second kappa shape index (κ2) is 9.16. The Labute approximate surface area is 181 Å². The third-order valence-corrected chi connectivity index (χ3v) is 5.62. The Morgan fingerprint density at radius 3 is 2.19 bits per heavy atom. The summed E-state index contributed by atoms with van der Waals surface area (Å²) in [4.78, 5) is 41.2. The number of amides is 4. The number of imide groups is 1. The molecule has 2 aromatic rings. The van der Waals surface area contributed by atoms with Gasteiger partial charge in [0.2, 0.25) is 5.91 Å². The number of rotatable bonds is 8. The molecule has 7 nitrogen and oxygen atoms in total. The summed E-state index contributed by atoms with van der Waals surface area (Å²) in [6.07, 6.45) is 0.272. The van der Waals surface area contributed by atoms with Crippen LogP contribution in [0.5, 0.6) is 0 Å². The molecule has 1 atom stereocenters. The van der Waals surface area contributed by atoms with E-state index in [4.69, 9.17) is 0 Å². The quantitative estimate of drug-likeness (QED) is 0.634. The molecule has 1 aliphatic rings. The standard InChI is InChI=1S/C23H27FN4O3/c1-4-23(16-7-9-17(24)10-8-16)21(30)28(22(31)26-23)15-20(29)25-18-11-13-19(14-12-18)27(5-2)6-3/h7-14H,4-6,15H2,1-3H3,(H,25,29)(H,26,31). The lowest BCUT2D eigenvalue weighted by atomic mass is 9.87. The molecule has 0 aliphatic carbocycles. The minimum absolute atomic E-state index is 0.272. The van der Waals surface area contributed by atoms with Crippen molar-refractivity contribution in [2.45, 2.75) is 32.7 Å². The largest absolute Gasteiger partial charge is 0.372 e. The molecule has 2 N–H and O–H groups in total. The van der Waals surface area contributed by atoms with Crippen molar-refractivity contribution in [3.8, 4) is 0 Å². The molecule has 1 heterocycles. The van der Waals surface area contributed by atoms with Crippen LogP contribution in [-0.2, 0) is 15.1 Å². The van der Waals surface area contributed by atoms with Crippen molar-refractivity contribution in [1.82, 2.24) is 10.2 Å². The number of hydrogen-bond acceptors (Lipinski definition) is 4. The maximum Gasteiger partial charge on any atom is 0.325 e. The highest BCUT2D eigenvalue weighted by molar-refractivity contribution is 6.10. The van der Waals surface area contributed by atoms with Crippen LogP contribution in [0.15, 0.2) is 48.5 Å². The van der Waals surface area contributed by atoms with Gasteiger partial charge in [0.05, 0.1) is 0 Å². The Morgan fingerprint density at radius 1 is 1.03 bits per heavy atom. The Kier molecular flexibility index (Phi) is 6.58. The first kappa shape index (κ1) is 22.3. The average molecular weight is 426 g/mol. The zero-order chi connectivity index (χ0) is 22.6. The van der Waals surface area contributed by atoms with Crippen LogP contribution in [0.4, 0.5) is 20.6 Å². The molecule has 1 aliphatic heterocycles. The molecule has 1 saturated heterocycles. The molecule has 0 spiro atoms. The van der Waals surface area contributed by atoms with E-state index in [0.29, 0.717) is 11.3 Å². The molecule has 1 fully saturated rings. The van der Waals surface area contributed by atoms with E-state index in [1.54, 1.807) is 19.1 Å². The predicted molar refractivity (Wildman–Crippen MR) is 117 cm³/mol. The molecular formula is C23H27FN4O3. The van der Waals surface area contributed by atoms with Crippen molar-refractivity contribution < 1.29 is 18.8 Å². The van der Waals surface area contributed by atoms with Crippen molar-refractivity contribution in [3.05, 3.63) is 59.9 Å². The fourth-order valence-electron chi connectivity index (χ4n) is 3.83. The van der Waals surface area contributed by atoms with Gasteiger partial charge in [-0.3, -0.25) is 14.5 Å². The normalized spacial score (nSPS) is 18.1. The van der Waals surface area contributed by atoms with Gasteiger partial charge in [-0.25, -0.2) is 9.18 Å². The van der Waals surface area contributed by atoms with Gasteiger partial charge in [0, 0.05) is 24.5 Å². The van der Waals surface area contributed by atoms with Gasteiger partial charge < -0.3 is 15.5 Å². The van der Waals surface area contributed by atoms with E-state index in [1.165, 1.54) is 24.3 Å². The summed E-state index contributed by atoms with van der Waals surface area (Å²) >= 11 is 0. The van der Waals surface area contributed by atoms with Crippen LogP contribution < -0.4 is 15.5 Å². The Morgan fingerprint density at radius 2 is 1.65 bits per heavy atom. The zero-order valence-electron chi connectivity index (χ0n) is 17.9. The van der Waals surface area contributed by atoms with E-state index in [9.17, 15) is 18.8 Å². The molecule has 3 rings (SSSR count). The van der Waals surface area contributed by atoms with Crippen molar-refractivity contribution in [2.75, 3.05) is 29.9 Å². The Hall–Kier alpha value is -3.42. The summed E-state index contributed by atoms with van der Waals surface area (Å²) in [6.45, 7) is 7.23. The number of urea groups is 1. The number of carbonyl (C=O) groups is 3.